The number of aromatic nitrogens is 2. The van der Waals surface area contributed by atoms with Gasteiger partial charge in [0.25, 0.3) is 0 Å². The maximum absolute atomic E-state index is 4.97. The molecule has 4 rings (SSSR count). The topological polar surface area (TPSA) is 34.6 Å². The summed E-state index contributed by atoms with van der Waals surface area (Å²) in [4.78, 5) is 11.5. The summed E-state index contributed by atoms with van der Waals surface area (Å²) >= 11 is 9.12. The molecule has 0 aliphatic rings. The van der Waals surface area contributed by atoms with Crippen LogP contribution < -0.4 is 5.49 Å². The average Bonchev–Trinajstić information content (AvgIpc) is 2.99. The van der Waals surface area contributed by atoms with Gasteiger partial charge in [-0.2, -0.15) is 0 Å². The molecule has 4 aromatic rings. The second-order valence-corrected chi connectivity index (χ2v) is 7.81. The smallest absolute Gasteiger partial charge is 0.180 e. The predicted molar refractivity (Wildman–Crippen MR) is 129 cm³/mol. The zero-order chi connectivity index (χ0) is 21.1. The number of rotatable bonds is 4. The van der Waals surface area contributed by atoms with Crippen LogP contribution in [0.3, 0.4) is 0 Å². The first kappa shape index (κ1) is 20.3. The molecule has 0 amide bonds. The molecule has 1 heterocycles. The second kappa shape index (κ2) is 8.81. The van der Waals surface area contributed by atoms with Crippen LogP contribution in [0, 0.1) is 6.92 Å². The number of aliphatic imine (C=N–C) groups is 1. The van der Waals surface area contributed by atoms with Gasteiger partial charge >= 0.3 is 0 Å². The Morgan fingerprint density at radius 3 is 2.13 bits per heavy atom. The Balaban J connectivity index is 1.99. The monoisotopic (exact) mass is 430 g/mol. The van der Waals surface area contributed by atoms with E-state index in [9.17, 15) is 0 Å². The lowest BCUT2D eigenvalue weighted by atomic mass is 10.2. The summed E-state index contributed by atoms with van der Waals surface area (Å²) in [5, 5.41) is 0. The minimum absolute atomic E-state index is 0.746. The third-order valence-corrected chi connectivity index (χ3v) is 5.70. The average molecular weight is 431 g/mol. The second-order valence-electron chi connectivity index (χ2n) is 6.85. The van der Waals surface area contributed by atoms with E-state index in [1.807, 2.05) is 86.9 Å². The largest absolute Gasteiger partial charge is 0.284 e. The molecule has 150 valence electrons. The summed E-state index contributed by atoms with van der Waals surface area (Å²) in [5.74, 6) is 0. The lowest BCUT2D eigenvalue weighted by Gasteiger charge is -2.09. The summed E-state index contributed by atoms with van der Waals surface area (Å²) in [7, 11) is 2.01. The maximum atomic E-state index is 4.97. The molecule has 0 bridgehead atoms. The minimum atomic E-state index is 0.746. The van der Waals surface area contributed by atoms with Crippen molar-refractivity contribution in [3.63, 3.8) is 0 Å². The van der Waals surface area contributed by atoms with Crippen LogP contribution in [0.15, 0.2) is 98.6 Å². The molecule has 0 saturated heterocycles. The van der Waals surface area contributed by atoms with Gasteiger partial charge in [0.15, 0.2) is 5.49 Å². The van der Waals surface area contributed by atoms with Gasteiger partial charge in [-0.05, 0) is 37.3 Å². The molecule has 3 aromatic carbocycles. The molecule has 0 unspecified atom stereocenters. The molecule has 0 aliphatic carbocycles. The summed E-state index contributed by atoms with van der Waals surface area (Å²) < 4.78 is 4.13. The zero-order valence-electron chi connectivity index (χ0n) is 16.8. The first-order valence-electron chi connectivity index (χ1n) is 9.55. The van der Waals surface area contributed by atoms with Crippen molar-refractivity contribution in [1.29, 1.82) is 0 Å². The Kier molecular flexibility index (Phi) is 5.97. The van der Waals surface area contributed by atoms with Crippen molar-refractivity contribution >= 4 is 42.8 Å². The van der Waals surface area contributed by atoms with E-state index < -0.39 is 0 Å². The first-order valence-corrected chi connectivity index (χ1v) is 10.4. The van der Waals surface area contributed by atoms with Crippen LogP contribution >= 0.6 is 25.3 Å². The minimum Gasteiger partial charge on any atom is -0.284 e. The normalized spacial score (nSPS) is 12.1. The van der Waals surface area contributed by atoms with E-state index in [0.29, 0.717) is 0 Å². The Morgan fingerprint density at radius 1 is 0.800 bits per heavy atom. The van der Waals surface area contributed by atoms with Crippen molar-refractivity contribution < 1.29 is 0 Å². The fourth-order valence-corrected chi connectivity index (χ4v) is 3.66. The number of benzene rings is 3. The highest BCUT2D eigenvalue weighted by Crippen LogP contribution is 2.24. The van der Waals surface area contributed by atoms with Crippen LogP contribution in [0.4, 0.5) is 11.4 Å². The van der Waals surface area contributed by atoms with E-state index in [2.05, 4.69) is 46.8 Å². The van der Waals surface area contributed by atoms with Crippen LogP contribution in [0.1, 0.15) is 11.3 Å². The molecular formula is C24H22N4S2. The highest BCUT2D eigenvalue weighted by atomic mass is 32.1. The summed E-state index contributed by atoms with van der Waals surface area (Å²) in [6.45, 7) is 2.05. The van der Waals surface area contributed by atoms with Crippen molar-refractivity contribution in [1.82, 2.24) is 9.36 Å². The van der Waals surface area contributed by atoms with E-state index in [1.54, 1.807) is 0 Å². The molecule has 0 saturated carbocycles. The summed E-state index contributed by atoms with van der Waals surface area (Å²) in [6.07, 6.45) is 1.84. The van der Waals surface area contributed by atoms with Gasteiger partial charge in [0.05, 0.1) is 17.1 Å². The van der Waals surface area contributed by atoms with Crippen LogP contribution in [0.5, 0.6) is 0 Å². The molecule has 30 heavy (non-hydrogen) atoms. The third-order valence-electron chi connectivity index (χ3n) is 4.92. The molecule has 1 aromatic heterocycles. The predicted octanol–water partition coefficient (Wildman–Crippen LogP) is 5.68. The number of hydrogen-bond acceptors (Lipinski definition) is 4. The van der Waals surface area contributed by atoms with Crippen LogP contribution in [0.2, 0.25) is 0 Å². The highest BCUT2D eigenvalue weighted by Gasteiger charge is 2.14. The molecule has 4 nitrogen and oxygen atoms in total. The number of nitrogens with zero attached hydrogens (tertiary/aromatic N) is 4. The number of thiol groups is 2. The number of hydrogen-bond donors (Lipinski definition) is 2. The molecule has 0 atom stereocenters. The third kappa shape index (κ3) is 4.01. The fourth-order valence-electron chi connectivity index (χ4n) is 3.23. The van der Waals surface area contributed by atoms with Gasteiger partial charge in [-0.15, -0.1) is 25.3 Å². The van der Waals surface area contributed by atoms with Crippen LogP contribution in [-0.4, -0.2) is 15.6 Å². The summed E-state index contributed by atoms with van der Waals surface area (Å²) in [6, 6.07) is 25.8. The highest BCUT2D eigenvalue weighted by molar-refractivity contribution is 7.80. The Bertz CT molecular complexity index is 1280. The van der Waals surface area contributed by atoms with Gasteiger partial charge < -0.3 is 0 Å². The van der Waals surface area contributed by atoms with Gasteiger partial charge in [0.1, 0.15) is 5.69 Å². The van der Waals surface area contributed by atoms with Crippen LogP contribution in [-0.2, 0) is 7.05 Å². The van der Waals surface area contributed by atoms with Gasteiger partial charge in [0.2, 0.25) is 0 Å². The fraction of sp³-hybridized carbons (Fsp3) is 0.0833. The number of para-hydroxylation sites is 2. The first-order chi connectivity index (χ1) is 14.6. The standard InChI is InChI=1S/C24H22N4S2/c1-17-23(25-16-18-10-6-8-14-21(18)29)24(26-20-13-7-9-15-22(20)30)28(27(17)2)19-11-4-3-5-12-19/h3-16,29-30H,1-2H3. The molecule has 0 spiro atoms. The van der Waals surface area contributed by atoms with Gasteiger partial charge in [-0.25, -0.2) is 9.67 Å². The van der Waals surface area contributed by atoms with E-state index >= 15 is 0 Å². The quantitative estimate of drug-likeness (QED) is 0.308. The Hall–Kier alpha value is -2.96. The molecule has 0 aliphatic heterocycles. The van der Waals surface area contributed by atoms with Crippen molar-refractivity contribution in [3.05, 3.63) is 95.6 Å². The van der Waals surface area contributed by atoms with Gasteiger partial charge in [-0.1, -0.05) is 48.5 Å². The lowest BCUT2D eigenvalue weighted by Crippen LogP contribution is -2.20. The molecular weight excluding hydrogens is 408 g/mol. The van der Waals surface area contributed by atoms with Crippen LogP contribution in [0.25, 0.3) is 5.69 Å². The van der Waals surface area contributed by atoms with E-state index in [0.717, 1.165) is 43.6 Å². The zero-order valence-corrected chi connectivity index (χ0v) is 18.6. The van der Waals surface area contributed by atoms with Crippen molar-refractivity contribution in [2.75, 3.05) is 0 Å². The molecule has 0 radical (unpaired) electrons. The van der Waals surface area contributed by atoms with Gasteiger partial charge in [0, 0.05) is 28.6 Å². The molecule has 0 N–H and O–H groups in total. The SMILES string of the molecule is Cc1c(N=Cc2ccccc2S)c(=Nc2ccccc2S)n(-c2ccccc2)n1C. The van der Waals surface area contributed by atoms with Crippen molar-refractivity contribution in [3.8, 4) is 5.69 Å². The van der Waals surface area contributed by atoms with E-state index in [1.165, 1.54) is 0 Å². The van der Waals surface area contributed by atoms with Gasteiger partial charge in [-0.3, -0.25) is 9.67 Å². The Morgan fingerprint density at radius 2 is 1.43 bits per heavy atom. The van der Waals surface area contributed by atoms with Crippen molar-refractivity contribution in [2.45, 2.75) is 16.7 Å². The lowest BCUT2D eigenvalue weighted by molar-refractivity contribution is 0.624. The van der Waals surface area contributed by atoms with E-state index in [-0.39, 0.29) is 0 Å². The summed E-state index contributed by atoms with van der Waals surface area (Å²) in [5.41, 5.74) is 5.31. The molecule has 0 fully saturated rings. The Labute approximate surface area is 187 Å². The maximum Gasteiger partial charge on any atom is 0.180 e. The van der Waals surface area contributed by atoms with E-state index in [4.69, 9.17) is 9.98 Å². The van der Waals surface area contributed by atoms with Crippen molar-refractivity contribution in [2.24, 2.45) is 17.0 Å². The molecule has 6 heteroatoms.